The second-order valence-corrected chi connectivity index (χ2v) is 20.2. The Morgan fingerprint density at radius 3 is 1.28 bits per heavy atom. The molecule has 15 rings (SSSR count). The number of hydrogen-bond donors (Lipinski definition) is 0. The molecule has 1 aliphatic carbocycles. The van der Waals surface area contributed by atoms with Gasteiger partial charge in [0.05, 0.1) is 11.0 Å². The Morgan fingerprint density at radius 2 is 0.721 bits per heavy atom. The summed E-state index contributed by atoms with van der Waals surface area (Å²) in [5.41, 5.74) is 28.9. The molecule has 1 nitrogen and oxygen atoms in total. The molecule has 312 valence electrons. The van der Waals surface area contributed by atoms with Gasteiger partial charge in [0.25, 0.3) is 0 Å². The SMILES string of the molecule is CC1(C)c2ccccc2-c2c(-c3ccc(B4c5ccccc5B5c6cccc7c6B(c6ccccc6B7c6ccc(-n7c8ccccc8c8ccccc87)cc6)c6cccc4c65)cc3)cccc21. The van der Waals surface area contributed by atoms with Gasteiger partial charge in [0.1, 0.15) is 0 Å². The van der Waals surface area contributed by atoms with Crippen LogP contribution < -0.4 is 65.6 Å². The van der Waals surface area contributed by atoms with Crippen LogP contribution >= 0.6 is 0 Å². The van der Waals surface area contributed by atoms with E-state index in [2.05, 4.69) is 243 Å². The van der Waals surface area contributed by atoms with Gasteiger partial charge in [0.2, 0.25) is 26.9 Å². The van der Waals surface area contributed by atoms with Gasteiger partial charge >= 0.3 is 0 Å². The van der Waals surface area contributed by atoms with E-state index in [9.17, 15) is 0 Å². The van der Waals surface area contributed by atoms with Crippen molar-refractivity contribution in [2.45, 2.75) is 19.3 Å². The van der Waals surface area contributed by atoms with E-state index in [1.165, 1.54) is 126 Å². The molecule has 3 aliphatic heterocycles. The molecule has 10 aromatic carbocycles. The molecule has 0 bridgehead atoms. The fourth-order valence-corrected chi connectivity index (χ4v) is 13.8. The van der Waals surface area contributed by atoms with Crippen LogP contribution in [0.2, 0.25) is 0 Å². The summed E-state index contributed by atoms with van der Waals surface area (Å²) in [5.74, 6) is 0. The fraction of sp³-hybridized carbons (Fsp3) is 0.0476. The number of rotatable bonds is 4. The molecule has 5 heteroatoms. The number of fused-ring (bicyclic) bond motifs is 12. The van der Waals surface area contributed by atoms with Crippen molar-refractivity contribution in [1.29, 1.82) is 0 Å². The normalized spacial score (nSPS) is 14.3. The first-order chi connectivity index (χ1) is 33.5. The zero-order valence-corrected chi connectivity index (χ0v) is 38.1. The number of hydrogen-bond acceptors (Lipinski definition) is 0. The second-order valence-electron chi connectivity index (χ2n) is 20.2. The van der Waals surface area contributed by atoms with Crippen LogP contribution in [0.5, 0.6) is 0 Å². The number of aromatic nitrogens is 1. The predicted molar refractivity (Wildman–Crippen MR) is 295 cm³/mol. The Hall–Kier alpha value is -7.74. The van der Waals surface area contributed by atoms with Crippen molar-refractivity contribution in [3.63, 3.8) is 0 Å². The molecule has 0 fully saturated rings. The number of para-hydroxylation sites is 2. The average molecular weight is 857 g/mol. The van der Waals surface area contributed by atoms with Gasteiger partial charge in [-0.1, -0.05) is 280 Å². The fourth-order valence-electron chi connectivity index (χ4n) is 13.8. The van der Waals surface area contributed by atoms with Gasteiger partial charge in [-0.25, -0.2) is 0 Å². The Bertz CT molecular complexity index is 3870. The van der Waals surface area contributed by atoms with E-state index in [0.29, 0.717) is 0 Å². The van der Waals surface area contributed by atoms with Crippen molar-refractivity contribution in [3.8, 4) is 27.9 Å². The highest BCUT2D eigenvalue weighted by Gasteiger charge is 2.50. The van der Waals surface area contributed by atoms with Crippen molar-refractivity contribution in [3.05, 3.63) is 236 Å². The Labute approximate surface area is 399 Å². The monoisotopic (exact) mass is 857 g/mol. The summed E-state index contributed by atoms with van der Waals surface area (Å²) >= 11 is 0. The van der Waals surface area contributed by atoms with Crippen molar-refractivity contribution >= 4 is 114 Å². The van der Waals surface area contributed by atoms with Gasteiger partial charge in [-0.15, -0.1) is 0 Å². The quantitative estimate of drug-likeness (QED) is 0.199. The molecule has 0 saturated carbocycles. The Kier molecular flexibility index (Phi) is 7.98. The van der Waals surface area contributed by atoms with Gasteiger partial charge in [0, 0.05) is 21.9 Å². The Morgan fingerprint density at radius 1 is 0.324 bits per heavy atom. The molecule has 0 atom stereocenters. The van der Waals surface area contributed by atoms with Crippen molar-refractivity contribution < 1.29 is 0 Å². The van der Waals surface area contributed by atoms with Crippen LogP contribution in [0.25, 0.3) is 49.7 Å². The zero-order valence-electron chi connectivity index (χ0n) is 38.1. The molecular formula is C63H43B4N. The molecule has 0 saturated heterocycles. The summed E-state index contributed by atoms with van der Waals surface area (Å²) in [4.78, 5) is 0. The van der Waals surface area contributed by atoms with E-state index >= 15 is 0 Å². The van der Waals surface area contributed by atoms with E-state index in [-0.39, 0.29) is 32.3 Å². The zero-order chi connectivity index (χ0) is 44.8. The predicted octanol–water partition coefficient (Wildman–Crippen LogP) is 5.76. The minimum atomic E-state index is -0.0312. The molecule has 4 aliphatic rings. The lowest BCUT2D eigenvalue weighted by atomic mass is 9.11. The highest BCUT2D eigenvalue weighted by molar-refractivity contribution is 7.21. The van der Waals surface area contributed by atoms with Crippen LogP contribution in [0.3, 0.4) is 0 Å². The summed E-state index contributed by atoms with van der Waals surface area (Å²) in [7, 11) is 0. The molecule has 68 heavy (non-hydrogen) atoms. The highest BCUT2D eigenvalue weighted by atomic mass is 15.0. The minimum absolute atomic E-state index is 0.0312. The van der Waals surface area contributed by atoms with E-state index in [1.807, 2.05) is 0 Å². The third-order valence-electron chi connectivity index (χ3n) is 16.6. The van der Waals surface area contributed by atoms with Crippen LogP contribution in [0.1, 0.15) is 25.0 Å². The van der Waals surface area contributed by atoms with Crippen molar-refractivity contribution in [2.24, 2.45) is 0 Å². The molecule has 1 aromatic heterocycles. The lowest BCUT2D eigenvalue weighted by molar-refractivity contribution is 0.660. The van der Waals surface area contributed by atoms with Gasteiger partial charge in [-0.3, -0.25) is 0 Å². The molecule has 0 amide bonds. The number of benzene rings is 10. The van der Waals surface area contributed by atoms with E-state index in [0.717, 1.165) is 0 Å². The van der Waals surface area contributed by atoms with Crippen LogP contribution in [-0.4, -0.2) is 31.4 Å². The first kappa shape index (κ1) is 38.4. The average Bonchev–Trinajstić information content (AvgIpc) is 3.85. The Balaban J connectivity index is 0.863. The van der Waals surface area contributed by atoms with Crippen molar-refractivity contribution in [2.75, 3.05) is 0 Å². The van der Waals surface area contributed by atoms with Gasteiger partial charge < -0.3 is 4.57 Å². The topological polar surface area (TPSA) is 4.93 Å². The van der Waals surface area contributed by atoms with Crippen molar-refractivity contribution in [1.82, 2.24) is 4.57 Å². The molecule has 0 spiro atoms. The third kappa shape index (κ3) is 5.11. The maximum Gasteiger partial charge on any atom is 0.240 e. The van der Waals surface area contributed by atoms with Gasteiger partial charge in [-0.05, 0) is 57.6 Å². The van der Waals surface area contributed by atoms with E-state index in [4.69, 9.17) is 0 Å². The summed E-state index contributed by atoms with van der Waals surface area (Å²) < 4.78 is 2.43. The summed E-state index contributed by atoms with van der Waals surface area (Å²) in [6, 6.07) is 85.7. The van der Waals surface area contributed by atoms with Crippen LogP contribution in [0, 0.1) is 0 Å². The third-order valence-corrected chi connectivity index (χ3v) is 16.6. The molecule has 0 unspecified atom stereocenters. The first-order valence-corrected chi connectivity index (χ1v) is 24.4. The second kappa shape index (κ2) is 14.1. The number of nitrogens with zero attached hydrogens (tertiary/aromatic N) is 1. The lowest BCUT2D eigenvalue weighted by Gasteiger charge is -2.43. The highest BCUT2D eigenvalue weighted by Crippen LogP contribution is 2.51. The largest absolute Gasteiger partial charge is 0.309 e. The van der Waals surface area contributed by atoms with E-state index < -0.39 is 0 Å². The van der Waals surface area contributed by atoms with Gasteiger partial charge in [0.15, 0.2) is 0 Å². The molecule has 4 heterocycles. The van der Waals surface area contributed by atoms with Crippen LogP contribution in [-0.2, 0) is 5.41 Å². The summed E-state index contributed by atoms with van der Waals surface area (Å²) in [6.07, 6.45) is 0. The maximum absolute atomic E-state index is 2.46. The molecule has 0 N–H and O–H groups in total. The van der Waals surface area contributed by atoms with E-state index in [1.54, 1.807) is 0 Å². The smallest absolute Gasteiger partial charge is 0.240 e. The van der Waals surface area contributed by atoms with Crippen LogP contribution in [0.4, 0.5) is 0 Å². The molecular weight excluding hydrogens is 814 g/mol. The molecule has 0 radical (unpaired) electrons. The molecule has 11 aromatic rings. The first-order valence-electron chi connectivity index (χ1n) is 24.4. The lowest BCUT2D eigenvalue weighted by Crippen LogP contribution is -2.89. The summed E-state index contributed by atoms with van der Waals surface area (Å²) in [6.45, 7) is 5.28. The van der Waals surface area contributed by atoms with Crippen LogP contribution in [0.15, 0.2) is 224 Å². The summed E-state index contributed by atoms with van der Waals surface area (Å²) in [5, 5.41) is 2.57. The standard InChI is InChI=1S/C63H43B4N/c1-63(2)48-20-6-3-18-47(48)60-44(19-13-21-49(60)63)40-32-34-41(35-33-40)64-50-22-7-9-24-52(50)66-57-29-15-27-55-62(57)67(56-28-14-26-54(64)61(56)66)53-25-10-8-23-51(53)65(55)42-36-38-43(39-37-42)68-58-30-11-4-16-45(58)46-17-5-12-31-59(46)68/h3-39H,1-2H3. The minimum Gasteiger partial charge on any atom is -0.309 e. The maximum atomic E-state index is 2.46. The van der Waals surface area contributed by atoms with Gasteiger partial charge in [-0.2, -0.15) is 0 Å².